The maximum absolute atomic E-state index is 12.7. The van der Waals surface area contributed by atoms with Crippen LogP contribution in [0.25, 0.3) is 0 Å². The maximum Gasteiger partial charge on any atom is 0.221 e. The van der Waals surface area contributed by atoms with E-state index in [0.717, 1.165) is 29.0 Å². The quantitative estimate of drug-likeness (QED) is 0.693. The van der Waals surface area contributed by atoms with Gasteiger partial charge in [-0.1, -0.05) is 22.9 Å². The minimum atomic E-state index is 0.0147. The van der Waals surface area contributed by atoms with Gasteiger partial charge in [-0.05, 0) is 69.1 Å². The normalized spacial score (nSPS) is 38.3. The van der Waals surface area contributed by atoms with Crippen LogP contribution in [0.2, 0.25) is 0 Å². The number of halogens is 1. The Morgan fingerprint density at radius 1 is 1.42 bits per heavy atom. The van der Waals surface area contributed by atoms with Crippen molar-refractivity contribution < 1.29 is 4.79 Å². The average molecular weight is 411 g/mol. The number of aromatic nitrogens is 1. The number of amides is 1. The molecule has 0 saturated heterocycles. The minimum Gasteiger partial charge on any atom is -0.348 e. The summed E-state index contributed by atoms with van der Waals surface area (Å²) in [6.45, 7) is 4.17. The molecule has 0 aromatic carbocycles. The second-order valence-electron chi connectivity index (χ2n) is 8.60. The highest BCUT2D eigenvalue weighted by atomic mass is 79.9. The first-order valence-corrected chi connectivity index (χ1v) is 11.0. The summed E-state index contributed by atoms with van der Waals surface area (Å²) in [5.74, 6) is 1.88. The van der Waals surface area contributed by atoms with Crippen LogP contribution in [0.15, 0.2) is 5.38 Å². The fraction of sp³-hybridized carbons (Fsp3) is 0.789. The van der Waals surface area contributed by atoms with Gasteiger partial charge in [0, 0.05) is 16.1 Å². The Kier molecular flexibility index (Phi) is 4.31. The van der Waals surface area contributed by atoms with Gasteiger partial charge in [0.15, 0.2) is 0 Å². The van der Waals surface area contributed by atoms with E-state index >= 15 is 0 Å². The molecule has 0 spiro atoms. The van der Waals surface area contributed by atoms with Crippen molar-refractivity contribution in [3.63, 3.8) is 0 Å². The van der Waals surface area contributed by atoms with Crippen molar-refractivity contribution in [2.45, 2.75) is 75.6 Å². The van der Waals surface area contributed by atoms with E-state index in [4.69, 9.17) is 0 Å². The summed E-state index contributed by atoms with van der Waals surface area (Å²) in [5, 5.41) is 6.44. The molecule has 0 radical (unpaired) electrons. The lowest BCUT2D eigenvalue weighted by atomic mass is 9.48. The van der Waals surface area contributed by atoms with Crippen LogP contribution in [0.3, 0.4) is 0 Å². The van der Waals surface area contributed by atoms with Crippen LogP contribution in [0.4, 0.5) is 0 Å². The smallest absolute Gasteiger partial charge is 0.221 e. The van der Waals surface area contributed by atoms with Gasteiger partial charge in [-0.15, -0.1) is 11.3 Å². The Balaban J connectivity index is 1.41. The van der Waals surface area contributed by atoms with Gasteiger partial charge in [-0.2, -0.15) is 0 Å². The third-order valence-corrected chi connectivity index (χ3v) is 8.28. The largest absolute Gasteiger partial charge is 0.348 e. The number of carbonyl (C=O) groups is 1. The molecule has 132 valence electrons. The second kappa shape index (κ2) is 6.08. The van der Waals surface area contributed by atoms with E-state index in [1.807, 2.05) is 0 Å². The van der Waals surface area contributed by atoms with Crippen molar-refractivity contribution in [2.24, 2.45) is 17.3 Å². The van der Waals surface area contributed by atoms with Gasteiger partial charge < -0.3 is 5.32 Å². The zero-order valence-corrected chi connectivity index (χ0v) is 17.0. The summed E-state index contributed by atoms with van der Waals surface area (Å²) in [6.07, 6.45) is 9.40. The molecule has 1 aromatic rings. The van der Waals surface area contributed by atoms with Gasteiger partial charge in [0.25, 0.3) is 0 Å². The molecular weight excluding hydrogens is 384 g/mol. The van der Waals surface area contributed by atoms with E-state index in [0.29, 0.717) is 10.7 Å². The number of carbonyl (C=O) groups excluding carboxylic acids is 1. The predicted octanol–water partition coefficient (Wildman–Crippen LogP) is 5.01. The molecule has 1 amide bonds. The molecule has 4 fully saturated rings. The van der Waals surface area contributed by atoms with Crippen LogP contribution in [0.5, 0.6) is 0 Å². The van der Waals surface area contributed by atoms with E-state index in [9.17, 15) is 4.79 Å². The highest BCUT2D eigenvalue weighted by Crippen LogP contribution is 2.65. The number of hydrogen-bond donors (Lipinski definition) is 1. The van der Waals surface area contributed by atoms with Crippen molar-refractivity contribution in [3.05, 3.63) is 16.1 Å². The molecule has 3 unspecified atom stereocenters. The van der Waals surface area contributed by atoms with Crippen LogP contribution in [-0.4, -0.2) is 15.2 Å². The fourth-order valence-electron chi connectivity index (χ4n) is 5.94. The summed E-state index contributed by atoms with van der Waals surface area (Å²) < 4.78 is 0.327. The number of hydrogen-bond acceptors (Lipinski definition) is 3. The minimum absolute atomic E-state index is 0.0147. The lowest BCUT2D eigenvalue weighted by Crippen LogP contribution is -2.54. The molecule has 3 nitrogen and oxygen atoms in total. The number of thiazole rings is 1. The van der Waals surface area contributed by atoms with E-state index in [1.165, 1.54) is 38.5 Å². The zero-order chi connectivity index (χ0) is 16.9. The summed E-state index contributed by atoms with van der Waals surface area (Å²) in [4.78, 5) is 17.4. The number of rotatable bonds is 5. The SMILES string of the molecule is CCc1nc(C(C)NC(=O)CC23CC4CC(CC(Br)(C4)C2)C3)cs1. The zero-order valence-electron chi connectivity index (χ0n) is 14.6. The Labute approximate surface area is 157 Å². The first-order chi connectivity index (χ1) is 11.4. The van der Waals surface area contributed by atoms with E-state index in [1.54, 1.807) is 11.3 Å². The van der Waals surface area contributed by atoms with E-state index < -0.39 is 0 Å². The van der Waals surface area contributed by atoms with Gasteiger partial charge >= 0.3 is 0 Å². The number of aryl methyl sites for hydroxylation is 1. The van der Waals surface area contributed by atoms with Gasteiger partial charge in [-0.3, -0.25) is 4.79 Å². The van der Waals surface area contributed by atoms with Crippen molar-refractivity contribution in [2.75, 3.05) is 0 Å². The molecule has 4 saturated carbocycles. The lowest BCUT2D eigenvalue weighted by Gasteiger charge is -2.60. The summed E-state index contributed by atoms with van der Waals surface area (Å²) in [7, 11) is 0. The van der Waals surface area contributed by atoms with Gasteiger partial charge in [0.05, 0.1) is 16.7 Å². The monoisotopic (exact) mass is 410 g/mol. The van der Waals surface area contributed by atoms with Gasteiger partial charge in [0.2, 0.25) is 5.91 Å². The third kappa shape index (κ3) is 3.18. The molecule has 5 heteroatoms. The molecule has 1 N–H and O–H groups in total. The summed E-state index contributed by atoms with van der Waals surface area (Å²) >= 11 is 5.73. The van der Waals surface area contributed by atoms with Crippen LogP contribution >= 0.6 is 27.3 Å². The molecule has 1 aromatic heterocycles. The average Bonchev–Trinajstić information content (AvgIpc) is 2.92. The highest BCUT2D eigenvalue weighted by molar-refractivity contribution is 9.10. The molecule has 0 aliphatic heterocycles. The Hall–Kier alpha value is -0.420. The van der Waals surface area contributed by atoms with E-state index in [-0.39, 0.29) is 17.4 Å². The maximum atomic E-state index is 12.7. The van der Waals surface area contributed by atoms with Crippen LogP contribution in [-0.2, 0) is 11.2 Å². The lowest BCUT2D eigenvalue weighted by molar-refractivity contribution is -0.128. The van der Waals surface area contributed by atoms with Crippen LogP contribution in [0, 0.1) is 17.3 Å². The van der Waals surface area contributed by atoms with E-state index in [2.05, 4.69) is 45.5 Å². The van der Waals surface area contributed by atoms with Gasteiger partial charge in [-0.25, -0.2) is 4.98 Å². The van der Waals surface area contributed by atoms with Crippen LogP contribution in [0.1, 0.15) is 75.5 Å². The van der Waals surface area contributed by atoms with Crippen molar-refractivity contribution in [3.8, 4) is 0 Å². The van der Waals surface area contributed by atoms with Crippen molar-refractivity contribution >= 4 is 33.2 Å². The molecule has 1 heterocycles. The van der Waals surface area contributed by atoms with Crippen molar-refractivity contribution in [1.29, 1.82) is 0 Å². The molecule has 3 atom stereocenters. The predicted molar refractivity (Wildman–Crippen MR) is 101 cm³/mol. The molecule has 5 rings (SSSR count). The molecule has 4 aliphatic carbocycles. The molecular formula is C19H27BrN2OS. The summed E-state index contributed by atoms with van der Waals surface area (Å²) in [5.41, 5.74) is 1.25. The Morgan fingerprint density at radius 3 is 2.71 bits per heavy atom. The Morgan fingerprint density at radius 2 is 2.12 bits per heavy atom. The standard InChI is InChI=1S/C19H27BrN2OS/c1-3-17-22-15(10-24-17)12(2)21-16(23)9-18-5-13-4-14(6-18)8-19(20,7-13)11-18/h10,12-14H,3-9,11H2,1-2H3,(H,21,23). The molecule has 24 heavy (non-hydrogen) atoms. The number of nitrogens with one attached hydrogen (secondary N) is 1. The number of nitrogens with zero attached hydrogens (tertiary/aromatic N) is 1. The fourth-order valence-corrected chi connectivity index (χ4v) is 8.29. The first kappa shape index (κ1) is 17.0. The van der Waals surface area contributed by atoms with Crippen molar-refractivity contribution in [1.82, 2.24) is 10.3 Å². The third-order valence-electron chi connectivity index (χ3n) is 6.34. The molecule has 4 bridgehead atoms. The van der Waals surface area contributed by atoms with Gasteiger partial charge in [0.1, 0.15) is 0 Å². The summed E-state index contributed by atoms with van der Waals surface area (Å²) in [6, 6.07) is 0.0147. The van der Waals surface area contributed by atoms with Crippen LogP contribution < -0.4 is 5.32 Å². The Bertz CT molecular complexity index is 629. The topological polar surface area (TPSA) is 42.0 Å². The highest BCUT2D eigenvalue weighted by Gasteiger charge is 2.57. The number of alkyl halides is 1. The molecule has 4 aliphatic rings. The first-order valence-electron chi connectivity index (χ1n) is 9.31. The second-order valence-corrected chi connectivity index (χ2v) is 11.2.